The lowest BCUT2D eigenvalue weighted by atomic mass is 10.0. The van der Waals surface area contributed by atoms with Crippen LogP contribution in [0.3, 0.4) is 0 Å². The second kappa shape index (κ2) is 27.1. The van der Waals surface area contributed by atoms with Gasteiger partial charge in [0.2, 0.25) is 0 Å². The molecular formula is C45H65N5O4S2. The van der Waals surface area contributed by atoms with E-state index in [1.165, 1.54) is 132 Å². The molecule has 0 saturated heterocycles. The molecule has 1 N–H and O–H groups in total. The molecule has 0 spiro atoms. The first kappa shape index (κ1) is 45.0. The molecule has 0 aliphatic rings. The highest BCUT2D eigenvalue weighted by molar-refractivity contribution is 7.89. The highest BCUT2D eigenvalue weighted by Crippen LogP contribution is 2.25. The predicted octanol–water partition coefficient (Wildman–Crippen LogP) is 11.8. The number of sulfonamides is 1. The molecule has 0 atom stereocenters. The van der Waals surface area contributed by atoms with Crippen molar-refractivity contribution in [3.05, 3.63) is 89.7 Å². The van der Waals surface area contributed by atoms with Gasteiger partial charge < -0.3 is 10.1 Å². The number of carbonyl (C=O) groups is 1. The Bertz CT molecular complexity index is 1720. The Labute approximate surface area is 341 Å². The smallest absolute Gasteiger partial charge is 0.325 e. The number of hydrogen-bond acceptors (Lipinski definition) is 9. The van der Waals surface area contributed by atoms with Crippen molar-refractivity contribution in [3.8, 4) is 10.6 Å². The molecule has 1 aromatic carbocycles. The van der Waals surface area contributed by atoms with E-state index in [2.05, 4.69) is 27.2 Å². The Hall–Kier alpha value is -3.67. The van der Waals surface area contributed by atoms with E-state index in [9.17, 15) is 13.2 Å². The van der Waals surface area contributed by atoms with E-state index in [-0.39, 0.29) is 30.6 Å². The summed E-state index contributed by atoms with van der Waals surface area (Å²) >= 11 is 1.55. The maximum absolute atomic E-state index is 13.8. The van der Waals surface area contributed by atoms with Crippen LogP contribution in [0.4, 0.5) is 5.82 Å². The van der Waals surface area contributed by atoms with Crippen LogP contribution in [-0.2, 0) is 32.6 Å². The molecule has 56 heavy (non-hydrogen) atoms. The number of ether oxygens (including phenoxy) is 1. The van der Waals surface area contributed by atoms with Crippen molar-refractivity contribution in [3.63, 3.8) is 0 Å². The minimum absolute atomic E-state index is 0.0168. The fourth-order valence-corrected chi connectivity index (χ4v) is 8.76. The first-order valence-corrected chi connectivity index (χ1v) is 23.5. The molecule has 0 bridgehead atoms. The maximum Gasteiger partial charge on any atom is 0.325 e. The molecule has 9 nitrogen and oxygen atoms in total. The first-order valence-electron chi connectivity index (χ1n) is 21.2. The van der Waals surface area contributed by atoms with Gasteiger partial charge >= 0.3 is 5.97 Å². The van der Waals surface area contributed by atoms with Crippen LogP contribution in [0.2, 0.25) is 0 Å². The van der Waals surface area contributed by atoms with Gasteiger partial charge in [-0.25, -0.2) is 23.4 Å². The third-order valence-electron chi connectivity index (χ3n) is 10.1. The maximum atomic E-state index is 13.8. The third-order valence-corrected chi connectivity index (χ3v) is 12.6. The third kappa shape index (κ3) is 17.6. The van der Waals surface area contributed by atoms with E-state index in [0.29, 0.717) is 18.1 Å². The molecule has 0 aliphatic heterocycles. The van der Waals surface area contributed by atoms with Gasteiger partial charge in [0.05, 0.1) is 18.8 Å². The lowest BCUT2D eigenvalue weighted by Crippen LogP contribution is -2.31. The molecule has 0 aliphatic carbocycles. The van der Waals surface area contributed by atoms with Gasteiger partial charge in [0, 0.05) is 29.9 Å². The zero-order valence-corrected chi connectivity index (χ0v) is 35.3. The summed E-state index contributed by atoms with van der Waals surface area (Å²) < 4.78 is 34.4. The Kier molecular flexibility index (Phi) is 21.8. The molecule has 0 radical (unpaired) electrons. The number of anilines is 1. The zero-order valence-electron chi connectivity index (χ0n) is 33.7. The van der Waals surface area contributed by atoms with Crippen molar-refractivity contribution >= 4 is 33.1 Å². The zero-order chi connectivity index (χ0) is 39.5. The fraction of sp³-hybridized carbons (Fsp3) is 0.556. The summed E-state index contributed by atoms with van der Waals surface area (Å²) in [6.45, 7) is 2.83. The van der Waals surface area contributed by atoms with Crippen LogP contribution in [0.1, 0.15) is 147 Å². The van der Waals surface area contributed by atoms with Crippen molar-refractivity contribution in [2.24, 2.45) is 0 Å². The van der Waals surface area contributed by atoms with E-state index in [1.807, 2.05) is 29.6 Å². The van der Waals surface area contributed by atoms with Gasteiger partial charge in [-0.3, -0.25) is 4.79 Å². The Morgan fingerprint density at radius 2 is 1.29 bits per heavy atom. The van der Waals surface area contributed by atoms with E-state index in [1.54, 1.807) is 47.9 Å². The monoisotopic (exact) mass is 803 g/mol. The van der Waals surface area contributed by atoms with Gasteiger partial charge in [0.25, 0.3) is 10.0 Å². The van der Waals surface area contributed by atoms with Crippen LogP contribution < -0.4 is 5.32 Å². The summed E-state index contributed by atoms with van der Waals surface area (Å²) in [5.41, 5.74) is 2.33. The van der Waals surface area contributed by atoms with Gasteiger partial charge in [-0.2, -0.15) is 4.31 Å². The highest BCUT2D eigenvalue weighted by atomic mass is 32.2. The topological polar surface area (TPSA) is 114 Å². The number of carbonyl (C=O) groups excluding carboxylic acids is 1. The second-order valence-corrected chi connectivity index (χ2v) is 17.6. The van der Waals surface area contributed by atoms with Crippen LogP contribution in [0.5, 0.6) is 0 Å². The molecule has 0 fully saturated rings. The number of pyridine rings is 2. The van der Waals surface area contributed by atoms with E-state index in [0.717, 1.165) is 29.0 Å². The highest BCUT2D eigenvalue weighted by Gasteiger charge is 2.27. The van der Waals surface area contributed by atoms with Crippen LogP contribution in [-0.4, -0.2) is 46.8 Å². The number of nitrogens with one attached hydrogen (secondary N) is 1. The molecule has 11 heteroatoms. The van der Waals surface area contributed by atoms with Crippen molar-refractivity contribution in [1.29, 1.82) is 0 Å². The van der Waals surface area contributed by atoms with Gasteiger partial charge in [-0.05, 0) is 36.2 Å². The summed E-state index contributed by atoms with van der Waals surface area (Å²) in [6, 6.07) is 17.9. The number of esters is 1. The summed E-state index contributed by atoms with van der Waals surface area (Å²) in [6.07, 6.45) is 29.9. The molecular weight excluding hydrogens is 739 g/mol. The standard InChI is InChI=1S/C45H65N5O4S2/c1-2-3-4-5-6-7-8-9-10-11-12-13-14-15-16-17-18-19-20-23-34-54-44(51)36-48-42-26-24-25-41(49-42)38-50(56(52,53)43-27-21-22-32-46-43)37-39-28-30-40(31-29-39)45-47-33-35-55-45/h21-22,24-33,35H,2-20,23,34,36-38H2,1H3,(H,48,49). The predicted molar refractivity (Wildman–Crippen MR) is 230 cm³/mol. The second-order valence-electron chi connectivity index (χ2n) is 14.8. The van der Waals surface area contributed by atoms with Crippen LogP contribution in [0, 0.1) is 0 Å². The number of aromatic nitrogens is 3. The molecule has 3 heterocycles. The van der Waals surface area contributed by atoms with Crippen LogP contribution in [0.25, 0.3) is 10.6 Å². The molecule has 4 rings (SSSR count). The van der Waals surface area contributed by atoms with Gasteiger partial charge in [-0.15, -0.1) is 11.3 Å². The minimum atomic E-state index is -3.95. The Morgan fingerprint density at radius 3 is 1.84 bits per heavy atom. The summed E-state index contributed by atoms with van der Waals surface area (Å²) in [7, 11) is -3.95. The average Bonchev–Trinajstić information content (AvgIpc) is 3.77. The Balaban J connectivity index is 1.07. The number of benzene rings is 1. The summed E-state index contributed by atoms with van der Waals surface area (Å²) in [4.78, 5) is 25.6. The average molecular weight is 804 g/mol. The molecule has 4 aromatic rings. The first-order chi connectivity index (χ1) is 27.5. The SMILES string of the molecule is CCCCCCCCCCCCCCCCCCCCCCOC(=O)CNc1cccc(CN(Cc2ccc(-c3nccs3)cc2)S(=O)(=O)c2ccccn2)n1. The number of unbranched alkanes of at least 4 members (excludes halogenated alkanes) is 19. The van der Waals surface area contributed by atoms with Crippen molar-refractivity contribution in [2.45, 2.75) is 153 Å². The normalized spacial score (nSPS) is 11.6. The van der Waals surface area contributed by atoms with E-state index in [4.69, 9.17) is 4.74 Å². The molecule has 0 saturated carbocycles. The number of nitrogens with zero attached hydrogens (tertiary/aromatic N) is 4. The largest absolute Gasteiger partial charge is 0.464 e. The van der Waals surface area contributed by atoms with E-state index < -0.39 is 10.0 Å². The van der Waals surface area contributed by atoms with Crippen LogP contribution >= 0.6 is 11.3 Å². The number of rotatable bonds is 31. The lowest BCUT2D eigenvalue weighted by molar-refractivity contribution is -0.141. The van der Waals surface area contributed by atoms with Gasteiger partial charge in [-0.1, -0.05) is 165 Å². The van der Waals surface area contributed by atoms with Crippen LogP contribution in [0.15, 0.2) is 83.5 Å². The van der Waals surface area contributed by atoms with Gasteiger partial charge in [0.15, 0.2) is 5.03 Å². The fourth-order valence-electron chi connectivity index (χ4n) is 6.78. The molecule has 0 unspecified atom stereocenters. The van der Waals surface area contributed by atoms with E-state index >= 15 is 0 Å². The molecule has 3 aromatic heterocycles. The van der Waals surface area contributed by atoms with Gasteiger partial charge in [0.1, 0.15) is 17.4 Å². The molecule has 306 valence electrons. The quantitative estimate of drug-likeness (QED) is 0.0395. The number of thiazole rings is 1. The molecule has 0 amide bonds. The van der Waals surface area contributed by atoms with Crippen molar-refractivity contribution in [1.82, 2.24) is 19.3 Å². The number of hydrogen-bond donors (Lipinski definition) is 1. The minimum Gasteiger partial charge on any atom is -0.464 e. The summed E-state index contributed by atoms with van der Waals surface area (Å²) in [5, 5.41) is 5.84. The summed E-state index contributed by atoms with van der Waals surface area (Å²) in [5.74, 6) is 0.136. The lowest BCUT2D eigenvalue weighted by Gasteiger charge is -2.22. The van der Waals surface area contributed by atoms with Crippen molar-refractivity contribution in [2.75, 3.05) is 18.5 Å². The van der Waals surface area contributed by atoms with Crippen molar-refractivity contribution < 1.29 is 17.9 Å². The Morgan fingerprint density at radius 1 is 0.679 bits per heavy atom.